The van der Waals surface area contributed by atoms with Gasteiger partial charge >= 0.3 is 6.18 Å². The fraction of sp³-hybridized carbons (Fsp3) is 0.111. The Labute approximate surface area is 141 Å². The Morgan fingerprint density at radius 1 is 1.12 bits per heavy atom. The van der Waals surface area contributed by atoms with E-state index in [-0.39, 0.29) is 11.6 Å². The standard InChI is InChI=1S/C18H12F3N3O/c1-25-15-9-12(10-22)7-8-14(15)24-11-16(18(19,20)21)23-17(24)13-5-3-2-4-6-13/h2-9,11H,1H3. The molecular formula is C18H12F3N3O. The van der Waals surface area contributed by atoms with E-state index in [2.05, 4.69) is 4.98 Å². The number of rotatable bonds is 3. The van der Waals surface area contributed by atoms with Crippen LogP contribution < -0.4 is 4.74 Å². The first-order valence-electron chi connectivity index (χ1n) is 7.24. The molecule has 0 radical (unpaired) electrons. The molecule has 3 aromatic rings. The summed E-state index contributed by atoms with van der Waals surface area (Å²) >= 11 is 0. The van der Waals surface area contributed by atoms with E-state index < -0.39 is 11.9 Å². The summed E-state index contributed by atoms with van der Waals surface area (Å²) in [5.41, 5.74) is 0.239. The number of nitriles is 1. The fourth-order valence-corrected chi connectivity index (χ4v) is 2.44. The van der Waals surface area contributed by atoms with Crippen molar-refractivity contribution in [3.05, 3.63) is 66.0 Å². The van der Waals surface area contributed by atoms with Crippen molar-refractivity contribution in [1.29, 1.82) is 5.26 Å². The first-order chi connectivity index (χ1) is 11.9. The van der Waals surface area contributed by atoms with Crippen LogP contribution in [0.25, 0.3) is 17.1 Å². The van der Waals surface area contributed by atoms with Gasteiger partial charge < -0.3 is 4.74 Å². The first-order valence-corrected chi connectivity index (χ1v) is 7.24. The van der Waals surface area contributed by atoms with Crippen LogP contribution in [-0.4, -0.2) is 16.7 Å². The van der Waals surface area contributed by atoms with Crippen LogP contribution in [0.4, 0.5) is 13.2 Å². The van der Waals surface area contributed by atoms with Crippen molar-refractivity contribution in [3.8, 4) is 28.9 Å². The van der Waals surface area contributed by atoms with Gasteiger partial charge in [0.1, 0.15) is 11.6 Å². The van der Waals surface area contributed by atoms with E-state index in [1.807, 2.05) is 6.07 Å². The Hall–Kier alpha value is -3.27. The average Bonchev–Trinajstić information content (AvgIpc) is 3.07. The molecule has 0 aliphatic heterocycles. The normalized spacial score (nSPS) is 11.2. The summed E-state index contributed by atoms with van der Waals surface area (Å²) < 4.78 is 46.1. The third-order valence-electron chi connectivity index (χ3n) is 3.60. The molecule has 0 bridgehead atoms. The zero-order valence-corrected chi connectivity index (χ0v) is 13.1. The van der Waals surface area contributed by atoms with E-state index in [0.717, 1.165) is 6.20 Å². The molecule has 1 heterocycles. The van der Waals surface area contributed by atoms with Gasteiger partial charge in [-0.05, 0) is 12.1 Å². The van der Waals surface area contributed by atoms with Gasteiger partial charge in [0, 0.05) is 17.8 Å². The topological polar surface area (TPSA) is 50.8 Å². The highest BCUT2D eigenvalue weighted by Gasteiger charge is 2.35. The van der Waals surface area contributed by atoms with Crippen molar-refractivity contribution >= 4 is 0 Å². The van der Waals surface area contributed by atoms with Crippen molar-refractivity contribution in [3.63, 3.8) is 0 Å². The van der Waals surface area contributed by atoms with Gasteiger partial charge in [-0.3, -0.25) is 4.57 Å². The molecule has 7 heteroatoms. The van der Waals surface area contributed by atoms with Gasteiger partial charge in [-0.2, -0.15) is 18.4 Å². The van der Waals surface area contributed by atoms with Crippen molar-refractivity contribution in [1.82, 2.24) is 9.55 Å². The Morgan fingerprint density at radius 2 is 1.84 bits per heavy atom. The highest BCUT2D eigenvalue weighted by Crippen LogP contribution is 2.35. The van der Waals surface area contributed by atoms with Crippen LogP contribution in [0.1, 0.15) is 11.3 Å². The molecule has 0 saturated heterocycles. The van der Waals surface area contributed by atoms with Crippen molar-refractivity contribution in [2.75, 3.05) is 7.11 Å². The molecule has 0 atom stereocenters. The van der Waals surface area contributed by atoms with Crippen molar-refractivity contribution in [2.45, 2.75) is 6.18 Å². The maximum absolute atomic E-state index is 13.2. The van der Waals surface area contributed by atoms with Gasteiger partial charge in [-0.1, -0.05) is 30.3 Å². The fourth-order valence-electron chi connectivity index (χ4n) is 2.44. The first kappa shape index (κ1) is 16.6. The summed E-state index contributed by atoms with van der Waals surface area (Å²) in [6, 6.07) is 15.0. The molecule has 0 spiro atoms. The zero-order chi connectivity index (χ0) is 18.0. The predicted octanol–water partition coefficient (Wildman–Crippen LogP) is 4.44. The molecule has 0 aliphatic rings. The number of alkyl halides is 3. The maximum atomic E-state index is 13.2. The summed E-state index contributed by atoms with van der Waals surface area (Å²) in [7, 11) is 1.39. The van der Waals surface area contributed by atoms with E-state index >= 15 is 0 Å². The molecule has 126 valence electrons. The molecule has 2 aromatic carbocycles. The predicted molar refractivity (Wildman–Crippen MR) is 85.3 cm³/mol. The number of aromatic nitrogens is 2. The van der Waals surface area contributed by atoms with Crippen LogP contribution in [-0.2, 0) is 6.18 Å². The summed E-state index contributed by atoms with van der Waals surface area (Å²) in [6.45, 7) is 0. The lowest BCUT2D eigenvalue weighted by atomic mass is 10.1. The second-order valence-electron chi connectivity index (χ2n) is 5.18. The van der Waals surface area contributed by atoms with E-state index in [0.29, 0.717) is 16.8 Å². The molecular weight excluding hydrogens is 331 g/mol. The Kier molecular flexibility index (Phi) is 4.19. The van der Waals surface area contributed by atoms with E-state index in [1.165, 1.54) is 29.9 Å². The van der Waals surface area contributed by atoms with Crippen LogP contribution in [0.5, 0.6) is 5.75 Å². The molecule has 0 unspecified atom stereocenters. The number of halogens is 3. The summed E-state index contributed by atoms with van der Waals surface area (Å²) in [5, 5.41) is 8.99. The van der Waals surface area contributed by atoms with E-state index in [1.54, 1.807) is 30.3 Å². The molecule has 0 fully saturated rings. The lowest BCUT2D eigenvalue weighted by Gasteiger charge is -2.12. The Morgan fingerprint density at radius 3 is 2.44 bits per heavy atom. The van der Waals surface area contributed by atoms with Gasteiger partial charge in [0.25, 0.3) is 0 Å². The Balaban J connectivity index is 2.26. The molecule has 0 saturated carbocycles. The SMILES string of the molecule is COc1cc(C#N)ccc1-n1cc(C(F)(F)F)nc1-c1ccccc1. The van der Waals surface area contributed by atoms with E-state index in [9.17, 15) is 13.2 Å². The lowest BCUT2D eigenvalue weighted by Crippen LogP contribution is -2.05. The van der Waals surface area contributed by atoms with Crippen LogP contribution >= 0.6 is 0 Å². The lowest BCUT2D eigenvalue weighted by molar-refractivity contribution is -0.140. The van der Waals surface area contributed by atoms with Gasteiger partial charge in [-0.15, -0.1) is 0 Å². The quantitative estimate of drug-likeness (QED) is 0.706. The molecule has 25 heavy (non-hydrogen) atoms. The number of methoxy groups -OCH3 is 1. The number of hydrogen-bond acceptors (Lipinski definition) is 3. The minimum Gasteiger partial charge on any atom is -0.495 e. The highest BCUT2D eigenvalue weighted by atomic mass is 19.4. The van der Waals surface area contributed by atoms with Crippen LogP contribution in [0.15, 0.2) is 54.7 Å². The maximum Gasteiger partial charge on any atom is 0.434 e. The third kappa shape index (κ3) is 3.19. The van der Waals surface area contributed by atoms with Crippen LogP contribution in [0.2, 0.25) is 0 Å². The average molecular weight is 343 g/mol. The van der Waals surface area contributed by atoms with E-state index in [4.69, 9.17) is 10.00 Å². The monoisotopic (exact) mass is 343 g/mol. The highest BCUT2D eigenvalue weighted by molar-refractivity contribution is 5.62. The van der Waals surface area contributed by atoms with Gasteiger partial charge in [-0.25, -0.2) is 4.98 Å². The number of hydrogen-bond donors (Lipinski definition) is 0. The van der Waals surface area contributed by atoms with Crippen molar-refractivity contribution in [2.24, 2.45) is 0 Å². The Bertz CT molecular complexity index is 940. The van der Waals surface area contributed by atoms with Crippen LogP contribution in [0.3, 0.4) is 0 Å². The molecule has 1 aromatic heterocycles. The number of nitrogens with zero attached hydrogens (tertiary/aromatic N) is 3. The molecule has 0 amide bonds. The van der Waals surface area contributed by atoms with Crippen molar-refractivity contribution < 1.29 is 17.9 Å². The minimum atomic E-state index is -4.57. The zero-order valence-electron chi connectivity index (χ0n) is 13.1. The summed E-state index contributed by atoms with van der Waals surface area (Å²) in [6.07, 6.45) is -3.65. The number of imidazole rings is 1. The third-order valence-corrected chi connectivity index (χ3v) is 3.60. The second-order valence-corrected chi connectivity index (χ2v) is 5.18. The largest absolute Gasteiger partial charge is 0.495 e. The van der Waals surface area contributed by atoms with Crippen LogP contribution in [0, 0.1) is 11.3 Å². The number of benzene rings is 2. The molecule has 3 rings (SSSR count). The smallest absolute Gasteiger partial charge is 0.434 e. The van der Waals surface area contributed by atoms with Gasteiger partial charge in [0.15, 0.2) is 5.69 Å². The molecule has 0 aliphatic carbocycles. The van der Waals surface area contributed by atoms with Gasteiger partial charge in [0.05, 0.1) is 24.4 Å². The van der Waals surface area contributed by atoms with Gasteiger partial charge in [0.2, 0.25) is 0 Å². The summed E-state index contributed by atoms with van der Waals surface area (Å²) in [5.74, 6) is 0.415. The number of ether oxygens (including phenoxy) is 1. The summed E-state index contributed by atoms with van der Waals surface area (Å²) in [4.78, 5) is 3.76. The molecule has 4 nitrogen and oxygen atoms in total. The second kappa shape index (κ2) is 6.32. The molecule has 0 N–H and O–H groups in total. The minimum absolute atomic E-state index is 0.135.